The van der Waals surface area contributed by atoms with Crippen LogP contribution in [-0.2, 0) is 16.0 Å². The van der Waals surface area contributed by atoms with Gasteiger partial charge in [-0.05, 0) is 18.4 Å². The molecule has 1 aromatic rings. The molecule has 0 aliphatic carbocycles. The van der Waals surface area contributed by atoms with E-state index in [0.29, 0.717) is 6.61 Å². The topological polar surface area (TPSA) is 46.5 Å². The lowest BCUT2D eigenvalue weighted by molar-refractivity contribution is -0.142. The van der Waals surface area contributed by atoms with Gasteiger partial charge in [-0.15, -0.1) is 0 Å². The van der Waals surface area contributed by atoms with Gasteiger partial charge in [-0.1, -0.05) is 30.3 Å². The summed E-state index contributed by atoms with van der Waals surface area (Å²) in [6.45, 7) is 0.302. The summed E-state index contributed by atoms with van der Waals surface area (Å²) in [6.07, 6.45) is 1.79. The Kier molecular flexibility index (Phi) is 4.72. The number of hydrogen-bond donors (Lipinski definition) is 1. The molecule has 0 heterocycles. The average molecular weight is 194 g/mol. The third kappa shape index (κ3) is 4.62. The van der Waals surface area contributed by atoms with Gasteiger partial charge in [0.15, 0.2) is 0 Å². The fraction of sp³-hybridized carbons (Fsp3) is 0.364. The predicted octanol–water partition coefficient (Wildman–Crippen LogP) is 1.72. The number of aliphatic carboxylic acids is 1. The maximum Gasteiger partial charge on any atom is 0.329 e. The Morgan fingerprint density at radius 2 is 2.00 bits per heavy atom. The van der Waals surface area contributed by atoms with E-state index in [1.54, 1.807) is 0 Å². The van der Waals surface area contributed by atoms with Crippen LogP contribution in [0.2, 0.25) is 0 Å². The van der Waals surface area contributed by atoms with Crippen LogP contribution < -0.4 is 0 Å². The van der Waals surface area contributed by atoms with Gasteiger partial charge in [-0.3, -0.25) is 0 Å². The van der Waals surface area contributed by atoms with Gasteiger partial charge in [0.1, 0.15) is 6.61 Å². The molecule has 0 spiro atoms. The third-order valence-electron chi connectivity index (χ3n) is 1.82. The van der Waals surface area contributed by atoms with E-state index in [9.17, 15) is 4.79 Å². The highest BCUT2D eigenvalue weighted by Gasteiger charge is 1.96. The van der Waals surface area contributed by atoms with Crippen molar-refractivity contribution in [2.45, 2.75) is 12.8 Å². The van der Waals surface area contributed by atoms with Crippen molar-refractivity contribution in [2.75, 3.05) is 13.2 Å². The summed E-state index contributed by atoms with van der Waals surface area (Å²) in [7, 11) is 0. The summed E-state index contributed by atoms with van der Waals surface area (Å²) in [5.74, 6) is -0.912. The van der Waals surface area contributed by atoms with Gasteiger partial charge in [0.25, 0.3) is 0 Å². The Labute approximate surface area is 83.3 Å². The van der Waals surface area contributed by atoms with Crippen LogP contribution in [0.25, 0.3) is 0 Å². The Balaban J connectivity index is 2.08. The molecule has 1 aromatic carbocycles. The zero-order valence-corrected chi connectivity index (χ0v) is 7.98. The van der Waals surface area contributed by atoms with Crippen LogP contribution in [0.15, 0.2) is 30.3 Å². The van der Waals surface area contributed by atoms with Gasteiger partial charge in [-0.2, -0.15) is 0 Å². The first-order valence-electron chi connectivity index (χ1n) is 4.62. The van der Waals surface area contributed by atoms with Crippen LogP contribution in [0.4, 0.5) is 0 Å². The number of carboxylic acids is 1. The fourth-order valence-electron chi connectivity index (χ4n) is 1.18. The molecule has 3 heteroatoms. The van der Waals surface area contributed by atoms with Crippen LogP contribution >= 0.6 is 0 Å². The molecule has 3 nitrogen and oxygen atoms in total. The molecule has 0 aromatic heterocycles. The Morgan fingerprint density at radius 3 is 2.64 bits per heavy atom. The number of hydrogen-bond acceptors (Lipinski definition) is 2. The van der Waals surface area contributed by atoms with Crippen LogP contribution in [0.5, 0.6) is 0 Å². The van der Waals surface area contributed by atoms with Crippen LogP contribution in [0.1, 0.15) is 12.0 Å². The van der Waals surface area contributed by atoms with Crippen molar-refractivity contribution in [1.82, 2.24) is 0 Å². The molecule has 0 bridgehead atoms. The molecule has 1 rings (SSSR count). The highest BCUT2D eigenvalue weighted by molar-refractivity contribution is 5.67. The molecular formula is C11H14O3. The summed E-state index contributed by atoms with van der Waals surface area (Å²) < 4.78 is 4.92. The van der Waals surface area contributed by atoms with Crippen molar-refractivity contribution in [2.24, 2.45) is 0 Å². The van der Waals surface area contributed by atoms with Gasteiger partial charge in [-0.25, -0.2) is 4.79 Å². The summed E-state index contributed by atoms with van der Waals surface area (Å²) in [4.78, 5) is 10.1. The first-order valence-corrected chi connectivity index (χ1v) is 4.62. The zero-order chi connectivity index (χ0) is 10.2. The number of rotatable bonds is 6. The Hall–Kier alpha value is -1.35. The standard InChI is InChI=1S/C11H14O3/c12-11(13)9-14-8-4-7-10-5-2-1-3-6-10/h1-3,5-6H,4,7-9H2,(H,12,13). The molecule has 0 aliphatic heterocycles. The van der Waals surface area contributed by atoms with E-state index in [4.69, 9.17) is 9.84 Å². The maximum absolute atomic E-state index is 10.1. The first kappa shape index (κ1) is 10.7. The molecule has 0 fully saturated rings. The smallest absolute Gasteiger partial charge is 0.329 e. The van der Waals surface area contributed by atoms with Crippen molar-refractivity contribution in [3.05, 3.63) is 35.9 Å². The van der Waals surface area contributed by atoms with Gasteiger partial charge < -0.3 is 9.84 Å². The van der Waals surface area contributed by atoms with E-state index >= 15 is 0 Å². The van der Waals surface area contributed by atoms with E-state index in [1.807, 2.05) is 18.2 Å². The number of carbonyl (C=O) groups is 1. The van der Waals surface area contributed by atoms with Crippen LogP contribution in [-0.4, -0.2) is 24.3 Å². The summed E-state index contributed by atoms with van der Waals surface area (Å²) in [5.41, 5.74) is 1.26. The van der Waals surface area contributed by atoms with Gasteiger partial charge >= 0.3 is 5.97 Å². The van der Waals surface area contributed by atoms with Gasteiger partial charge in [0.2, 0.25) is 0 Å². The molecule has 76 valence electrons. The van der Waals surface area contributed by atoms with Crippen LogP contribution in [0, 0.1) is 0 Å². The minimum absolute atomic E-state index is 0.200. The molecule has 0 saturated heterocycles. The Bertz CT molecular complexity index is 269. The predicted molar refractivity (Wildman–Crippen MR) is 53.2 cm³/mol. The van der Waals surface area contributed by atoms with Crippen molar-refractivity contribution in [1.29, 1.82) is 0 Å². The highest BCUT2D eigenvalue weighted by Crippen LogP contribution is 2.01. The summed E-state index contributed by atoms with van der Waals surface area (Å²) in [5, 5.41) is 8.30. The third-order valence-corrected chi connectivity index (χ3v) is 1.82. The second-order valence-electron chi connectivity index (χ2n) is 3.04. The number of ether oxygens (including phenoxy) is 1. The van der Waals surface area contributed by atoms with Gasteiger partial charge in [0.05, 0.1) is 0 Å². The molecule has 0 aliphatic rings. The van der Waals surface area contributed by atoms with E-state index in [0.717, 1.165) is 12.8 Å². The zero-order valence-electron chi connectivity index (χ0n) is 7.98. The molecule has 1 N–H and O–H groups in total. The first-order chi connectivity index (χ1) is 6.79. The second-order valence-corrected chi connectivity index (χ2v) is 3.04. The number of benzene rings is 1. The van der Waals surface area contributed by atoms with E-state index in [-0.39, 0.29) is 6.61 Å². The van der Waals surface area contributed by atoms with Crippen LogP contribution in [0.3, 0.4) is 0 Å². The largest absolute Gasteiger partial charge is 0.480 e. The van der Waals surface area contributed by atoms with Crippen molar-refractivity contribution in [3.8, 4) is 0 Å². The van der Waals surface area contributed by atoms with Gasteiger partial charge in [0, 0.05) is 6.61 Å². The Morgan fingerprint density at radius 1 is 1.29 bits per heavy atom. The van der Waals surface area contributed by atoms with E-state index in [1.165, 1.54) is 5.56 Å². The average Bonchev–Trinajstić information content (AvgIpc) is 2.18. The second kappa shape index (κ2) is 6.16. The monoisotopic (exact) mass is 194 g/mol. The summed E-state index contributed by atoms with van der Waals surface area (Å²) in [6, 6.07) is 10.1. The highest BCUT2D eigenvalue weighted by atomic mass is 16.5. The summed E-state index contributed by atoms with van der Waals surface area (Å²) >= 11 is 0. The van der Waals surface area contributed by atoms with E-state index in [2.05, 4.69) is 12.1 Å². The lowest BCUT2D eigenvalue weighted by Crippen LogP contribution is -2.08. The molecule has 0 saturated carbocycles. The minimum atomic E-state index is -0.912. The molecular weight excluding hydrogens is 180 g/mol. The van der Waals surface area contributed by atoms with Crippen molar-refractivity contribution in [3.63, 3.8) is 0 Å². The SMILES string of the molecule is O=C(O)COCCCc1ccccc1. The number of carboxylic acid groups (broad SMARTS) is 1. The number of aryl methyl sites for hydroxylation is 1. The molecule has 0 radical (unpaired) electrons. The molecule has 14 heavy (non-hydrogen) atoms. The van der Waals surface area contributed by atoms with Crippen molar-refractivity contribution < 1.29 is 14.6 Å². The normalized spacial score (nSPS) is 10.0. The lowest BCUT2D eigenvalue weighted by atomic mass is 10.1. The quantitative estimate of drug-likeness (QED) is 0.701. The molecule has 0 amide bonds. The molecule has 0 unspecified atom stereocenters. The van der Waals surface area contributed by atoms with E-state index < -0.39 is 5.97 Å². The lowest BCUT2D eigenvalue weighted by Gasteiger charge is -2.01. The molecule has 0 atom stereocenters. The minimum Gasteiger partial charge on any atom is -0.480 e. The fourth-order valence-corrected chi connectivity index (χ4v) is 1.18. The maximum atomic E-state index is 10.1. The van der Waals surface area contributed by atoms with Crippen molar-refractivity contribution >= 4 is 5.97 Å².